The van der Waals surface area contributed by atoms with Gasteiger partial charge >= 0.3 is 18.0 Å². The minimum absolute atomic E-state index is 0.262. The highest BCUT2D eigenvalue weighted by molar-refractivity contribution is 5.87. The Morgan fingerprint density at radius 1 is 1.40 bits per heavy atom. The van der Waals surface area contributed by atoms with Crippen LogP contribution in [-0.2, 0) is 14.3 Å². The minimum Gasteiger partial charge on any atom is -0.480 e. The molecule has 0 aliphatic carbocycles. The molecule has 7 heteroatoms. The Hall–Kier alpha value is -1.79. The molecule has 1 saturated heterocycles. The van der Waals surface area contributed by atoms with Crippen molar-refractivity contribution in [1.82, 2.24) is 10.2 Å². The van der Waals surface area contributed by atoms with Gasteiger partial charge in [-0.25, -0.2) is 14.4 Å². The average molecular weight is 286 g/mol. The lowest BCUT2D eigenvalue weighted by Crippen LogP contribution is -2.51. The van der Waals surface area contributed by atoms with Crippen molar-refractivity contribution in [3.05, 3.63) is 0 Å². The normalized spacial score (nSPS) is 19.5. The molecule has 1 heterocycles. The van der Waals surface area contributed by atoms with Crippen molar-refractivity contribution in [3.63, 3.8) is 0 Å². The number of hydrogen-bond donors (Lipinski definition) is 2. The van der Waals surface area contributed by atoms with Crippen molar-refractivity contribution in [2.75, 3.05) is 13.2 Å². The van der Waals surface area contributed by atoms with Gasteiger partial charge in [0.05, 0.1) is 6.61 Å². The molecule has 0 aromatic carbocycles. The first-order valence-electron chi connectivity index (χ1n) is 6.97. The van der Waals surface area contributed by atoms with Crippen LogP contribution in [0.4, 0.5) is 4.79 Å². The Morgan fingerprint density at radius 3 is 2.65 bits per heavy atom. The number of aliphatic carboxylic acids is 1. The fourth-order valence-electron chi connectivity index (χ4n) is 2.27. The Balaban J connectivity index is 2.65. The van der Waals surface area contributed by atoms with Crippen LogP contribution in [0, 0.1) is 0 Å². The SMILES string of the molecule is CCC[C@H](NC(=O)N1CCCC1C(=O)OCC)C(=O)O. The van der Waals surface area contributed by atoms with Gasteiger partial charge in [-0.2, -0.15) is 0 Å². The van der Waals surface area contributed by atoms with Gasteiger partial charge in [-0.3, -0.25) is 0 Å². The van der Waals surface area contributed by atoms with E-state index in [0.29, 0.717) is 32.2 Å². The summed E-state index contributed by atoms with van der Waals surface area (Å²) in [7, 11) is 0. The number of nitrogens with one attached hydrogen (secondary N) is 1. The highest BCUT2D eigenvalue weighted by Crippen LogP contribution is 2.18. The van der Waals surface area contributed by atoms with E-state index in [0.717, 1.165) is 0 Å². The summed E-state index contributed by atoms with van der Waals surface area (Å²) in [6, 6.07) is -2.04. The van der Waals surface area contributed by atoms with Crippen LogP contribution in [0.15, 0.2) is 0 Å². The summed E-state index contributed by atoms with van der Waals surface area (Å²) in [5.74, 6) is -1.49. The first-order chi connectivity index (χ1) is 9.51. The molecular formula is C13H22N2O5. The summed E-state index contributed by atoms with van der Waals surface area (Å²) in [5, 5.41) is 11.5. The van der Waals surface area contributed by atoms with Crippen LogP contribution < -0.4 is 5.32 Å². The fraction of sp³-hybridized carbons (Fsp3) is 0.769. The molecular weight excluding hydrogens is 264 g/mol. The molecule has 0 radical (unpaired) electrons. The Kier molecular flexibility index (Phi) is 6.27. The lowest BCUT2D eigenvalue weighted by Gasteiger charge is -2.25. The third kappa shape index (κ3) is 4.11. The number of esters is 1. The maximum absolute atomic E-state index is 12.1. The third-order valence-electron chi connectivity index (χ3n) is 3.25. The molecule has 0 aromatic rings. The zero-order chi connectivity index (χ0) is 15.1. The summed E-state index contributed by atoms with van der Waals surface area (Å²) in [4.78, 5) is 36.2. The third-order valence-corrected chi connectivity index (χ3v) is 3.25. The molecule has 1 aliphatic heterocycles. The van der Waals surface area contributed by atoms with E-state index in [4.69, 9.17) is 9.84 Å². The zero-order valence-corrected chi connectivity index (χ0v) is 11.9. The number of hydrogen-bond acceptors (Lipinski definition) is 4. The number of nitrogens with zero attached hydrogens (tertiary/aromatic N) is 1. The van der Waals surface area contributed by atoms with Gasteiger partial charge in [-0.1, -0.05) is 13.3 Å². The number of carbonyl (C=O) groups is 3. The molecule has 2 N–H and O–H groups in total. The van der Waals surface area contributed by atoms with Crippen molar-refractivity contribution < 1.29 is 24.2 Å². The number of urea groups is 1. The van der Waals surface area contributed by atoms with Crippen molar-refractivity contribution in [1.29, 1.82) is 0 Å². The van der Waals surface area contributed by atoms with Gasteiger partial charge < -0.3 is 20.1 Å². The number of rotatable bonds is 6. The van der Waals surface area contributed by atoms with E-state index >= 15 is 0 Å². The van der Waals surface area contributed by atoms with Crippen molar-refractivity contribution in [2.45, 2.75) is 51.6 Å². The number of carboxylic acids is 1. The van der Waals surface area contributed by atoms with Gasteiger partial charge in [-0.05, 0) is 26.2 Å². The zero-order valence-electron chi connectivity index (χ0n) is 11.9. The highest BCUT2D eigenvalue weighted by Gasteiger charge is 2.36. The van der Waals surface area contributed by atoms with E-state index in [2.05, 4.69) is 5.32 Å². The Morgan fingerprint density at radius 2 is 2.10 bits per heavy atom. The first-order valence-corrected chi connectivity index (χ1v) is 6.97. The molecule has 1 unspecified atom stereocenters. The van der Waals surface area contributed by atoms with Crippen molar-refractivity contribution >= 4 is 18.0 Å². The van der Waals surface area contributed by atoms with Crippen molar-refractivity contribution in [3.8, 4) is 0 Å². The van der Waals surface area contributed by atoms with Gasteiger partial charge in [0.15, 0.2) is 0 Å². The van der Waals surface area contributed by atoms with E-state index in [1.54, 1.807) is 6.92 Å². The van der Waals surface area contributed by atoms with Crippen LogP contribution >= 0.6 is 0 Å². The molecule has 0 spiro atoms. The summed E-state index contributed by atoms with van der Waals surface area (Å²) in [6.45, 7) is 4.25. The maximum atomic E-state index is 12.1. The van der Waals surface area contributed by atoms with Crippen LogP contribution in [0.5, 0.6) is 0 Å². The number of likely N-dealkylation sites (tertiary alicyclic amines) is 1. The molecule has 1 aliphatic rings. The van der Waals surface area contributed by atoms with Crippen LogP contribution in [0.2, 0.25) is 0 Å². The monoisotopic (exact) mass is 286 g/mol. The van der Waals surface area contributed by atoms with E-state index in [9.17, 15) is 14.4 Å². The van der Waals surface area contributed by atoms with Crippen LogP contribution in [-0.4, -0.2) is 53.2 Å². The first kappa shape index (κ1) is 16.3. The molecule has 0 aromatic heterocycles. The van der Waals surface area contributed by atoms with Crippen molar-refractivity contribution in [2.24, 2.45) is 0 Å². The second kappa shape index (κ2) is 7.72. The molecule has 0 saturated carbocycles. The number of amides is 2. The molecule has 2 amide bonds. The molecule has 7 nitrogen and oxygen atoms in total. The van der Waals surface area contributed by atoms with Crippen LogP contribution in [0.1, 0.15) is 39.5 Å². The number of carboxylic acid groups (broad SMARTS) is 1. The van der Waals surface area contributed by atoms with Gasteiger partial charge in [0.1, 0.15) is 12.1 Å². The quantitative estimate of drug-likeness (QED) is 0.709. The van der Waals surface area contributed by atoms with E-state index < -0.39 is 30.1 Å². The largest absolute Gasteiger partial charge is 0.480 e. The lowest BCUT2D eigenvalue weighted by molar-refractivity contribution is -0.147. The average Bonchev–Trinajstić information content (AvgIpc) is 2.87. The lowest BCUT2D eigenvalue weighted by atomic mass is 10.2. The smallest absolute Gasteiger partial charge is 0.328 e. The molecule has 2 atom stereocenters. The topological polar surface area (TPSA) is 95.9 Å². The van der Waals surface area contributed by atoms with E-state index in [1.807, 2.05) is 6.92 Å². The van der Waals surface area contributed by atoms with Crippen LogP contribution in [0.3, 0.4) is 0 Å². The number of carbonyl (C=O) groups excluding carboxylic acids is 2. The summed E-state index contributed by atoms with van der Waals surface area (Å²) >= 11 is 0. The van der Waals surface area contributed by atoms with Crippen LogP contribution in [0.25, 0.3) is 0 Å². The molecule has 1 fully saturated rings. The molecule has 20 heavy (non-hydrogen) atoms. The standard InChI is InChI=1S/C13H22N2O5/c1-3-6-9(11(16)17)14-13(19)15-8-5-7-10(15)12(18)20-4-2/h9-10H,3-8H2,1-2H3,(H,14,19)(H,16,17)/t9-,10?/m0/s1. The second-order valence-corrected chi connectivity index (χ2v) is 4.73. The predicted molar refractivity (Wildman–Crippen MR) is 71.2 cm³/mol. The predicted octanol–water partition coefficient (Wildman–Crippen LogP) is 0.977. The molecule has 0 bridgehead atoms. The minimum atomic E-state index is -1.06. The fourth-order valence-corrected chi connectivity index (χ4v) is 2.27. The van der Waals surface area contributed by atoms with Gasteiger partial charge in [0.25, 0.3) is 0 Å². The highest BCUT2D eigenvalue weighted by atomic mass is 16.5. The van der Waals surface area contributed by atoms with E-state index in [-0.39, 0.29) is 6.61 Å². The summed E-state index contributed by atoms with van der Waals surface area (Å²) < 4.78 is 4.93. The Bertz CT molecular complexity index is 372. The van der Waals surface area contributed by atoms with E-state index in [1.165, 1.54) is 4.90 Å². The Labute approximate surface area is 118 Å². The van der Waals surface area contributed by atoms with Gasteiger partial charge in [0.2, 0.25) is 0 Å². The summed E-state index contributed by atoms with van der Waals surface area (Å²) in [6.07, 6.45) is 2.28. The molecule has 1 rings (SSSR count). The second-order valence-electron chi connectivity index (χ2n) is 4.73. The molecule has 114 valence electrons. The summed E-state index contributed by atoms with van der Waals surface area (Å²) in [5.41, 5.74) is 0. The number of ether oxygens (including phenoxy) is 1. The maximum Gasteiger partial charge on any atom is 0.328 e. The van der Waals surface area contributed by atoms with Gasteiger partial charge in [0, 0.05) is 6.54 Å². The van der Waals surface area contributed by atoms with Gasteiger partial charge in [-0.15, -0.1) is 0 Å².